The van der Waals surface area contributed by atoms with Crippen LogP contribution in [0.1, 0.15) is 55.5 Å². The van der Waals surface area contributed by atoms with Gasteiger partial charge in [0, 0.05) is 43.5 Å². The van der Waals surface area contributed by atoms with E-state index in [-0.39, 0.29) is 16.5 Å². The Balaban J connectivity index is 1.14. The van der Waals surface area contributed by atoms with Gasteiger partial charge < -0.3 is 9.13 Å². The molecule has 70 heavy (non-hydrogen) atoms. The fourth-order valence-electron chi connectivity index (χ4n) is 12.3. The number of halogens is 3. The van der Waals surface area contributed by atoms with Crippen molar-refractivity contribution in [3.05, 3.63) is 227 Å². The predicted molar refractivity (Wildman–Crippen MR) is 279 cm³/mol. The molecule has 2 aliphatic rings. The van der Waals surface area contributed by atoms with E-state index in [1.54, 1.807) is 0 Å². The van der Waals surface area contributed by atoms with Crippen LogP contribution in [0.15, 0.2) is 176 Å². The lowest BCUT2D eigenvalue weighted by Gasteiger charge is -2.23. The highest BCUT2D eigenvalue weighted by atomic mass is 19.4. The SMILES string of the molecule is [C-]#[N+]c1ccc(-n2c3ccccc3c3c4c(ccc32)-c2ccccc2C4(C)C)c(-c2ccc(-c3ccc(C(F)(F)F)cc3[N+]#[C-])cc2-n2c3ccccc3c3c4c(ccc32)-c2ccccc2C4(C)C)c1. The molecule has 2 aliphatic carbocycles. The maximum atomic E-state index is 14.1. The van der Waals surface area contributed by atoms with Crippen molar-refractivity contribution in [1.82, 2.24) is 9.13 Å². The third kappa shape index (κ3) is 5.58. The first-order valence-electron chi connectivity index (χ1n) is 23.4. The molecule has 11 aromatic rings. The maximum Gasteiger partial charge on any atom is 0.415 e. The van der Waals surface area contributed by atoms with E-state index in [1.165, 1.54) is 56.0 Å². The first-order valence-corrected chi connectivity index (χ1v) is 23.4. The third-order valence-electron chi connectivity index (χ3n) is 15.3. The third-order valence-corrected chi connectivity index (χ3v) is 15.3. The van der Waals surface area contributed by atoms with Crippen LogP contribution in [0, 0.1) is 13.1 Å². The van der Waals surface area contributed by atoms with E-state index in [0.29, 0.717) is 16.8 Å². The van der Waals surface area contributed by atoms with Gasteiger partial charge in [-0.25, -0.2) is 9.69 Å². The van der Waals surface area contributed by atoms with E-state index in [2.05, 4.69) is 162 Å². The van der Waals surface area contributed by atoms with E-state index in [4.69, 9.17) is 13.1 Å². The summed E-state index contributed by atoms with van der Waals surface area (Å²) in [5.41, 5.74) is 17.0. The van der Waals surface area contributed by atoms with Gasteiger partial charge in [-0.3, -0.25) is 0 Å². The van der Waals surface area contributed by atoms with Gasteiger partial charge in [0.25, 0.3) is 0 Å². The van der Waals surface area contributed by atoms with Crippen LogP contribution in [0.2, 0.25) is 0 Å². The summed E-state index contributed by atoms with van der Waals surface area (Å²) in [4.78, 5) is 7.64. The van der Waals surface area contributed by atoms with Crippen LogP contribution in [0.4, 0.5) is 24.5 Å². The van der Waals surface area contributed by atoms with Crippen molar-refractivity contribution in [3.8, 4) is 55.9 Å². The summed E-state index contributed by atoms with van der Waals surface area (Å²) in [6, 6.07) is 58.3. The van der Waals surface area contributed by atoms with Crippen LogP contribution in [0.3, 0.4) is 0 Å². The number of aromatic nitrogens is 2. The second-order valence-corrected chi connectivity index (χ2v) is 19.7. The predicted octanol–water partition coefficient (Wildman–Crippen LogP) is 17.9. The lowest BCUT2D eigenvalue weighted by Crippen LogP contribution is -2.15. The zero-order valence-electron chi connectivity index (χ0n) is 38.7. The van der Waals surface area contributed by atoms with Crippen LogP contribution in [0.5, 0.6) is 0 Å². The first-order chi connectivity index (χ1) is 33.8. The Labute approximate surface area is 402 Å². The Morgan fingerprint density at radius 2 is 0.943 bits per heavy atom. The molecule has 0 amide bonds. The van der Waals surface area contributed by atoms with E-state index < -0.39 is 11.7 Å². The van der Waals surface area contributed by atoms with E-state index >= 15 is 0 Å². The van der Waals surface area contributed by atoms with Gasteiger partial charge in [-0.15, -0.1) is 0 Å². The van der Waals surface area contributed by atoms with Crippen molar-refractivity contribution >= 4 is 55.0 Å². The minimum atomic E-state index is -4.61. The Kier molecular flexibility index (Phi) is 8.56. The molecule has 4 nitrogen and oxygen atoms in total. The normalized spacial score (nSPS) is 14.1. The molecule has 7 heteroatoms. The molecule has 0 atom stereocenters. The van der Waals surface area contributed by atoms with Crippen molar-refractivity contribution < 1.29 is 13.2 Å². The average Bonchev–Trinajstić information content (AvgIpc) is 4.04. The summed E-state index contributed by atoms with van der Waals surface area (Å²) in [5, 5.41) is 4.49. The van der Waals surface area contributed by atoms with Crippen LogP contribution in [0.25, 0.3) is 109 Å². The van der Waals surface area contributed by atoms with Gasteiger partial charge >= 0.3 is 6.18 Å². The topological polar surface area (TPSA) is 18.6 Å². The highest BCUT2D eigenvalue weighted by molar-refractivity contribution is 6.17. The van der Waals surface area contributed by atoms with Gasteiger partial charge in [0.2, 0.25) is 0 Å². The highest BCUT2D eigenvalue weighted by Gasteiger charge is 2.40. The number of rotatable bonds is 4. The van der Waals surface area contributed by atoms with E-state index in [0.717, 1.165) is 72.9 Å². The molecule has 0 spiro atoms. The van der Waals surface area contributed by atoms with Crippen molar-refractivity contribution in [2.45, 2.75) is 44.7 Å². The van der Waals surface area contributed by atoms with E-state index in [9.17, 15) is 13.2 Å². The van der Waals surface area contributed by atoms with Crippen molar-refractivity contribution in [1.29, 1.82) is 0 Å². The van der Waals surface area contributed by atoms with Gasteiger partial charge in [-0.2, -0.15) is 13.2 Å². The molecular formula is C63H41F3N4. The van der Waals surface area contributed by atoms with Gasteiger partial charge in [0.15, 0.2) is 11.4 Å². The van der Waals surface area contributed by atoms with E-state index in [1.807, 2.05) is 42.5 Å². The van der Waals surface area contributed by atoms with Crippen molar-refractivity contribution in [2.24, 2.45) is 0 Å². The molecule has 0 aliphatic heterocycles. The minimum absolute atomic E-state index is 0.0911. The molecule has 9 aromatic carbocycles. The van der Waals surface area contributed by atoms with Crippen LogP contribution >= 0.6 is 0 Å². The number of benzene rings is 9. The minimum Gasteiger partial charge on any atom is -0.309 e. The molecule has 0 bridgehead atoms. The smallest absolute Gasteiger partial charge is 0.309 e. The Bertz CT molecular complexity index is 4200. The Morgan fingerprint density at radius 1 is 0.429 bits per heavy atom. The molecule has 334 valence electrons. The number of fused-ring (bicyclic) bond motifs is 14. The zero-order chi connectivity index (χ0) is 48.0. The molecule has 2 heterocycles. The summed E-state index contributed by atoms with van der Waals surface area (Å²) in [6.45, 7) is 25.6. The Hall–Kier alpha value is -8.65. The van der Waals surface area contributed by atoms with Crippen LogP contribution in [-0.4, -0.2) is 9.13 Å². The monoisotopic (exact) mass is 910 g/mol. The number of hydrogen-bond donors (Lipinski definition) is 0. The summed E-state index contributed by atoms with van der Waals surface area (Å²) in [5.74, 6) is 0. The first kappa shape index (κ1) is 41.5. The summed E-state index contributed by atoms with van der Waals surface area (Å²) in [6.07, 6.45) is -4.61. The number of para-hydroxylation sites is 2. The molecule has 13 rings (SSSR count). The standard InChI is InChI=1S/C63H41F3N4/c1-61(2)48-19-11-7-15-40(48)43-28-31-54-57(59(43)61)45-17-9-13-21-51(45)69(54)53-30-25-38(67-5)35-47(53)42-26-23-36(39-27-24-37(63(64,65)66)34-50(39)68-6)33-56(42)70-52-22-14-10-18-46(52)58-55(70)32-29-44-41-16-8-12-20-49(41)62(3,4)60(44)58/h7-35H,1-4H3. The maximum absolute atomic E-state index is 14.1. The lowest BCUT2D eigenvalue weighted by atomic mass is 9.80. The van der Waals surface area contributed by atoms with Gasteiger partial charge in [0.05, 0.1) is 46.6 Å². The molecule has 2 aromatic heterocycles. The number of hydrogen-bond acceptors (Lipinski definition) is 0. The largest absolute Gasteiger partial charge is 0.415 e. The lowest BCUT2D eigenvalue weighted by molar-refractivity contribution is -0.137. The van der Waals surface area contributed by atoms with Gasteiger partial charge in [-0.05, 0) is 110 Å². The molecule has 0 unspecified atom stereocenters. The number of nitrogens with zero attached hydrogens (tertiary/aromatic N) is 4. The average molecular weight is 911 g/mol. The number of alkyl halides is 3. The zero-order valence-corrected chi connectivity index (χ0v) is 38.7. The van der Waals surface area contributed by atoms with Gasteiger partial charge in [-0.1, -0.05) is 155 Å². The van der Waals surface area contributed by atoms with Crippen LogP contribution < -0.4 is 0 Å². The summed E-state index contributed by atoms with van der Waals surface area (Å²) < 4.78 is 46.9. The van der Waals surface area contributed by atoms with Crippen LogP contribution in [-0.2, 0) is 17.0 Å². The molecule has 0 saturated heterocycles. The quantitative estimate of drug-likeness (QED) is 0.157. The Morgan fingerprint density at radius 3 is 1.50 bits per heavy atom. The van der Waals surface area contributed by atoms with Crippen molar-refractivity contribution in [3.63, 3.8) is 0 Å². The molecule has 0 fully saturated rings. The molecule has 0 radical (unpaired) electrons. The fourth-order valence-corrected chi connectivity index (χ4v) is 12.3. The summed E-state index contributed by atoms with van der Waals surface area (Å²) >= 11 is 0. The fraction of sp³-hybridized carbons (Fsp3) is 0.111. The molecule has 0 N–H and O–H groups in total. The summed E-state index contributed by atoms with van der Waals surface area (Å²) in [7, 11) is 0. The molecule has 0 saturated carbocycles. The highest BCUT2D eigenvalue weighted by Crippen LogP contribution is 2.56. The van der Waals surface area contributed by atoms with Gasteiger partial charge in [0.1, 0.15) is 0 Å². The second-order valence-electron chi connectivity index (χ2n) is 19.7. The van der Waals surface area contributed by atoms with Crippen molar-refractivity contribution in [2.75, 3.05) is 0 Å². The second kappa shape index (κ2) is 14.4. The molecular weight excluding hydrogens is 870 g/mol.